The number of aromatic carboxylic acids is 1. The maximum absolute atomic E-state index is 12.5. The number of rotatable bonds is 1. The lowest BCUT2D eigenvalue weighted by molar-refractivity contribution is -0.268. The molecule has 0 aliphatic heterocycles. The number of benzene rings is 2. The van der Waals surface area contributed by atoms with Gasteiger partial charge < -0.3 is 10.2 Å². The Labute approximate surface area is 99.1 Å². The zero-order chi connectivity index (χ0) is 13.5. The van der Waals surface area contributed by atoms with Crippen molar-refractivity contribution in [2.75, 3.05) is 0 Å². The SMILES string of the molecule is O=C(O)c1cc([O-])cc2cc(C(F)(F)F)ccc12. The first kappa shape index (κ1) is 12.2. The lowest BCUT2D eigenvalue weighted by Gasteiger charge is -2.12. The molecule has 94 valence electrons. The molecule has 0 unspecified atom stereocenters. The van der Waals surface area contributed by atoms with E-state index in [-0.39, 0.29) is 16.3 Å². The Morgan fingerprint density at radius 1 is 1.17 bits per heavy atom. The normalized spacial score (nSPS) is 11.7. The van der Waals surface area contributed by atoms with Gasteiger partial charge in [0.2, 0.25) is 0 Å². The minimum absolute atomic E-state index is 0.0327. The van der Waals surface area contributed by atoms with Crippen LogP contribution >= 0.6 is 0 Å². The number of alkyl halides is 3. The molecular formula is C12H6F3O3-. The van der Waals surface area contributed by atoms with Crippen LogP contribution < -0.4 is 5.11 Å². The number of carboxylic acid groups (broad SMARTS) is 1. The van der Waals surface area contributed by atoms with E-state index in [9.17, 15) is 23.1 Å². The van der Waals surface area contributed by atoms with Crippen LogP contribution in [0.5, 0.6) is 5.75 Å². The van der Waals surface area contributed by atoms with Crippen LogP contribution in [0.15, 0.2) is 30.3 Å². The van der Waals surface area contributed by atoms with Crippen molar-refractivity contribution in [2.24, 2.45) is 0 Å². The summed E-state index contributed by atoms with van der Waals surface area (Å²) in [5.41, 5.74) is -1.22. The zero-order valence-electron chi connectivity index (χ0n) is 8.78. The van der Waals surface area contributed by atoms with Gasteiger partial charge in [-0.05, 0) is 22.9 Å². The van der Waals surface area contributed by atoms with Crippen LogP contribution in [0.3, 0.4) is 0 Å². The molecule has 0 radical (unpaired) electrons. The maximum Gasteiger partial charge on any atom is 0.416 e. The Hall–Kier alpha value is -2.24. The van der Waals surface area contributed by atoms with Crippen LogP contribution in [0.2, 0.25) is 0 Å². The standard InChI is InChI=1S/C12H7F3O3/c13-12(14,15)7-1-2-9-6(3-7)4-8(16)5-10(9)11(17)18/h1-5,16H,(H,17,18)/p-1. The van der Waals surface area contributed by atoms with Crippen molar-refractivity contribution in [2.45, 2.75) is 6.18 Å². The molecular weight excluding hydrogens is 249 g/mol. The van der Waals surface area contributed by atoms with E-state index < -0.39 is 23.5 Å². The molecule has 6 heteroatoms. The van der Waals surface area contributed by atoms with Gasteiger partial charge in [0, 0.05) is 0 Å². The number of carbonyl (C=O) groups is 1. The third kappa shape index (κ3) is 2.09. The topological polar surface area (TPSA) is 60.4 Å². The summed E-state index contributed by atoms with van der Waals surface area (Å²) in [4.78, 5) is 10.9. The van der Waals surface area contributed by atoms with E-state index in [0.29, 0.717) is 0 Å². The molecule has 0 atom stereocenters. The van der Waals surface area contributed by atoms with Crippen molar-refractivity contribution >= 4 is 16.7 Å². The summed E-state index contributed by atoms with van der Waals surface area (Å²) in [6.45, 7) is 0. The van der Waals surface area contributed by atoms with Crippen LogP contribution in [0.25, 0.3) is 10.8 Å². The van der Waals surface area contributed by atoms with Crippen LogP contribution in [0.1, 0.15) is 15.9 Å². The number of carboxylic acids is 1. The van der Waals surface area contributed by atoms with Gasteiger partial charge in [0.25, 0.3) is 0 Å². The monoisotopic (exact) mass is 255 g/mol. The highest BCUT2D eigenvalue weighted by Gasteiger charge is 2.30. The summed E-state index contributed by atoms with van der Waals surface area (Å²) in [5, 5.41) is 20.2. The second kappa shape index (κ2) is 3.90. The van der Waals surface area contributed by atoms with Gasteiger partial charge in [-0.15, -0.1) is 5.75 Å². The highest BCUT2D eigenvalue weighted by atomic mass is 19.4. The number of hydrogen-bond acceptors (Lipinski definition) is 2. The molecule has 0 fully saturated rings. The first-order valence-corrected chi connectivity index (χ1v) is 4.84. The van der Waals surface area contributed by atoms with Gasteiger partial charge in [0.05, 0.1) is 11.1 Å². The molecule has 0 aliphatic carbocycles. The fourth-order valence-electron chi connectivity index (χ4n) is 1.70. The van der Waals surface area contributed by atoms with E-state index in [4.69, 9.17) is 5.11 Å². The maximum atomic E-state index is 12.5. The molecule has 0 amide bonds. The summed E-state index contributed by atoms with van der Waals surface area (Å²) >= 11 is 0. The van der Waals surface area contributed by atoms with E-state index >= 15 is 0 Å². The third-order valence-electron chi connectivity index (χ3n) is 2.48. The molecule has 2 aromatic carbocycles. The van der Waals surface area contributed by atoms with Gasteiger partial charge in [-0.1, -0.05) is 18.2 Å². The predicted octanol–water partition coefficient (Wildman–Crippen LogP) is 2.63. The Balaban J connectivity index is 2.76. The number of fused-ring (bicyclic) bond motifs is 1. The number of hydrogen-bond donors (Lipinski definition) is 1. The summed E-state index contributed by atoms with van der Waals surface area (Å²) in [6, 6.07) is 4.48. The summed E-state index contributed by atoms with van der Waals surface area (Å²) in [6.07, 6.45) is -4.53. The van der Waals surface area contributed by atoms with Crippen LogP contribution in [-0.2, 0) is 6.18 Å². The molecule has 0 aliphatic rings. The van der Waals surface area contributed by atoms with Gasteiger partial charge >= 0.3 is 12.1 Å². The van der Waals surface area contributed by atoms with Crippen molar-refractivity contribution in [3.63, 3.8) is 0 Å². The van der Waals surface area contributed by atoms with Gasteiger partial charge in [-0.25, -0.2) is 4.79 Å². The van der Waals surface area contributed by atoms with Crippen LogP contribution in [0, 0.1) is 0 Å². The smallest absolute Gasteiger partial charge is 0.416 e. The summed E-state index contributed by atoms with van der Waals surface area (Å²) in [5.74, 6) is -1.99. The molecule has 0 aromatic heterocycles. The first-order chi connectivity index (χ1) is 8.29. The first-order valence-electron chi connectivity index (χ1n) is 4.84. The highest BCUT2D eigenvalue weighted by Crippen LogP contribution is 2.33. The second-order valence-corrected chi connectivity index (χ2v) is 3.71. The minimum Gasteiger partial charge on any atom is -0.872 e. The summed E-state index contributed by atoms with van der Waals surface area (Å²) < 4.78 is 37.4. The fraction of sp³-hybridized carbons (Fsp3) is 0.0833. The molecule has 0 saturated heterocycles. The largest absolute Gasteiger partial charge is 0.872 e. The Morgan fingerprint density at radius 3 is 2.39 bits per heavy atom. The van der Waals surface area contributed by atoms with E-state index in [1.54, 1.807) is 0 Å². The molecule has 0 saturated carbocycles. The van der Waals surface area contributed by atoms with Crippen molar-refractivity contribution in [3.8, 4) is 5.75 Å². The lowest BCUT2D eigenvalue weighted by atomic mass is 10.0. The van der Waals surface area contributed by atoms with E-state index in [1.807, 2.05) is 0 Å². The molecule has 2 rings (SSSR count). The molecule has 0 spiro atoms. The quantitative estimate of drug-likeness (QED) is 0.852. The van der Waals surface area contributed by atoms with Crippen molar-refractivity contribution in [1.82, 2.24) is 0 Å². The number of halogens is 3. The van der Waals surface area contributed by atoms with Gasteiger partial charge in [0.1, 0.15) is 0 Å². The lowest BCUT2D eigenvalue weighted by Crippen LogP contribution is -2.06. The van der Waals surface area contributed by atoms with Gasteiger partial charge in [-0.2, -0.15) is 13.2 Å². The van der Waals surface area contributed by atoms with Gasteiger partial charge in [-0.3, -0.25) is 0 Å². The Morgan fingerprint density at radius 2 is 1.83 bits per heavy atom. The Kier molecular flexibility index (Phi) is 2.65. The highest BCUT2D eigenvalue weighted by molar-refractivity contribution is 6.04. The Bertz CT molecular complexity index is 632. The average Bonchev–Trinajstić information content (AvgIpc) is 2.25. The zero-order valence-corrected chi connectivity index (χ0v) is 8.78. The molecule has 3 nitrogen and oxygen atoms in total. The van der Waals surface area contributed by atoms with E-state index in [0.717, 1.165) is 30.3 Å². The van der Waals surface area contributed by atoms with Crippen molar-refractivity contribution in [1.29, 1.82) is 0 Å². The average molecular weight is 255 g/mol. The van der Waals surface area contributed by atoms with Crippen LogP contribution in [0.4, 0.5) is 13.2 Å². The van der Waals surface area contributed by atoms with Gasteiger partial charge in [0.15, 0.2) is 0 Å². The minimum atomic E-state index is -4.53. The van der Waals surface area contributed by atoms with E-state index in [2.05, 4.69) is 0 Å². The fourth-order valence-corrected chi connectivity index (χ4v) is 1.70. The molecule has 18 heavy (non-hydrogen) atoms. The second-order valence-electron chi connectivity index (χ2n) is 3.71. The predicted molar refractivity (Wildman–Crippen MR) is 55.4 cm³/mol. The third-order valence-corrected chi connectivity index (χ3v) is 2.48. The molecule has 2 aromatic rings. The van der Waals surface area contributed by atoms with E-state index in [1.165, 1.54) is 0 Å². The van der Waals surface area contributed by atoms with Crippen molar-refractivity contribution in [3.05, 3.63) is 41.5 Å². The molecule has 0 heterocycles. The molecule has 1 N–H and O–H groups in total. The summed E-state index contributed by atoms with van der Waals surface area (Å²) in [7, 11) is 0. The van der Waals surface area contributed by atoms with Crippen molar-refractivity contribution < 1.29 is 28.2 Å². The van der Waals surface area contributed by atoms with Crippen LogP contribution in [-0.4, -0.2) is 11.1 Å². The molecule has 0 bridgehead atoms.